The van der Waals surface area contributed by atoms with Gasteiger partial charge < -0.3 is 73.3 Å². The lowest BCUT2D eigenvalue weighted by Crippen LogP contribution is -2.70. The van der Waals surface area contributed by atoms with Crippen LogP contribution >= 0.6 is 0 Å². The Kier molecular flexibility index (Phi) is 20.9. The lowest BCUT2D eigenvalue weighted by Gasteiger charge is -2.49. The zero-order valence-corrected chi connectivity index (χ0v) is 40.7. The van der Waals surface area contributed by atoms with Gasteiger partial charge in [0.15, 0.2) is 43.5 Å². The van der Waals surface area contributed by atoms with Gasteiger partial charge >= 0.3 is 74.1 Å². The third kappa shape index (κ3) is 17.8. The van der Waals surface area contributed by atoms with E-state index < -0.39 is 210 Å². The number of aliphatic carboxylic acids is 2. The number of hydrogen-bond donors (Lipinski definition) is 14. The Bertz CT molecular complexity index is 2620. The summed E-state index contributed by atoms with van der Waals surface area (Å²) in [6.07, 6.45) is -47.4. The van der Waals surface area contributed by atoms with Crippen molar-refractivity contribution in [3.63, 3.8) is 0 Å². The molecule has 0 bridgehead atoms. The van der Waals surface area contributed by atoms with E-state index in [9.17, 15) is 118 Å². The van der Waals surface area contributed by atoms with E-state index in [4.69, 9.17) is 42.6 Å². The number of rotatable bonds is 24. The molecular weight excluding hydrogens is 1160 g/mol. The standard InChI is InChI=1S/C26H44N2O39S6/c1-55-16-12(32)18(67-73(52,53)54)26(65-19(16)21(33)34)61-13-5(3-57-70(43,44)45)60-24(7(9(13)29)27-68(37,38)39)63-17-10(30)11(31)25(64-20(17)22(35)36)62-14-6(4-58-71(46,47)48)59-23(56-2)8(28-69(40,41)42)15(14)66-72(49,50)51/h5-20,23-32H,3-4H2,1-2H3,(H,33,34)(H,35,36)(H,37,38,39)(H,40,41,42)(H,43,44,45)(H,46,47,48)(H,49,50,51)(H,52,53,54). The summed E-state index contributed by atoms with van der Waals surface area (Å²) in [5.41, 5.74) is 0. The maximum Gasteiger partial charge on any atom is 0.397 e. The molecule has 0 aromatic heterocycles. The van der Waals surface area contributed by atoms with Crippen molar-refractivity contribution in [3.05, 3.63) is 0 Å². The topological polar surface area (TPSA) is 626 Å². The number of hydrogen-bond acceptors (Lipinski definition) is 31. The summed E-state index contributed by atoms with van der Waals surface area (Å²) in [7, 11) is -32.5. The lowest BCUT2D eigenvalue weighted by atomic mass is 9.94. The highest BCUT2D eigenvalue weighted by molar-refractivity contribution is 7.84. The maximum absolute atomic E-state index is 12.7. The van der Waals surface area contributed by atoms with Crippen molar-refractivity contribution in [2.45, 2.75) is 123 Å². The first kappa shape index (κ1) is 63.2. The Balaban J connectivity index is 1.78. The highest BCUT2D eigenvalue weighted by atomic mass is 32.3. The fourth-order valence-electron chi connectivity index (χ4n) is 7.30. The predicted molar refractivity (Wildman–Crippen MR) is 211 cm³/mol. The summed E-state index contributed by atoms with van der Waals surface area (Å²) in [5.74, 6) is -4.30. The second kappa shape index (κ2) is 24.1. The smallest absolute Gasteiger partial charge is 0.397 e. The van der Waals surface area contributed by atoms with E-state index in [1.54, 1.807) is 0 Å². The Labute approximate surface area is 409 Å². The second-order valence-electron chi connectivity index (χ2n) is 15.0. The molecule has 73 heavy (non-hydrogen) atoms. The monoisotopic (exact) mass is 1200 g/mol. The first-order chi connectivity index (χ1) is 33.1. The van der Waals surface area contributed by atoms with Crippen LogP contribution in [0.5, 0.6) is 0 Å². The first-order valence-electron chi connectivity index (χ1n) is 19.0. The van der Waals surface area contributed by atoms with Gasteiger partial charge in [0.05, 0.1) is 13.2 Å². The number of methoxy groups -OCH3 is 2. The van der Waals surface area contributed by atoms with Crippen LogP contribution in [0.1, 0.15) is 0 Å². The van der Waals surface area contributed by atoms with E-state index in [-0.39, 0.29) is 0 Å². The fourth-order valence-corrected chi connectivity index (χ4v) is 10.1. The summed E-state index contributed by atoms with van der Waals surface area (Å²) in [6, 6.07) is -5.20. The molecule has 4 rings (SSSR count). The molecule has 20 atom stereocenters. The minimum absolute atomic E-state index is 0.724. The van der Waals surface area contributed by atoms with E-state index in [2.05, 4.69) is 16.7 Å². The number of carboxylic acid groups (broad SMARTS) is 2. The van der Waals surface area contributed by atoms with Gasteiger partial charge in [-0.25, -0.2) is 26.3 Å². The number of nitrogens with one attached hydrogen (secondary N) is 2. The van der Waals surface area contributed by atoms with E-state index in [0.717, 1.165) is 14.2 Å². The fraction of sp³-hybridized carbons (Fsp3) is 0.923. The van der Waals surface area contributed by atoms with Gasteiger partial charge in [-0.3, -0.25) is 27.3 Å². The Morgan fingerprint density at radius 2 is 0.863 bits per heavy atom. The SMILES string of the molecule is COC1OC(COS(=O)(=O)O)C(OC2OC(C(=O)O)C(OC3OC(COS(=O)(=O)O)C(OC4OC(C(=O)O)C(OC)C(O)C4OS(=O)(=O)O)C(O)C3NS(=O)(=O)O)C(O)C2O)C(OS(=O)(=O)O)C1NS(=O)(=O)O. The number of aliphatic hydroxyl groups excluding tert-OH is 4. The number of ether oxygens (including phenoxy) is 9. The third-order valence-corrected chi connectivity index (χ3v) is 13.0. The molecule has 428 valence electrons. The minimum Gasteiger partial charge on any atom is -0.479 e. The van der Waals surface area contributed by atoms with E-state index in [1.165, 1.54) is 9.44 Å². The quantitative estimate of drug-likeness (QED) is 0.0399. The van der Waals surface area contributed by atoms with Gasteiger partial charge in [-0.1, -0.05) is 0 Å². The Morgan fingerprint density at radius 1 is 0.438 bits per heavy atom. The molecule has 14 N–H and O–H groups in total. The lowest BCUT2D eigenvalue weighted by molar-refractivity contribution is -0.369. The van der Waals surface area contributed by atoms with Crippen molar-refractivity contribution in [3.8, 4) is 0 Å². The van der Waals surface area contributed by atoms with Gasteiger partial charge in [0.2, 0.25) is 0 Å². The summed E-state index contributed by atoms with van der Waals surface area (Å²) < 4.78 is 266. The van der Waals surface area contributed by atoms with Crippen LogP contribution in [0.25, 0.3) is 0 Å². The van der Waals surface area contributed by atoms with Gasteiger partial charge in [-0.15, -0.1) is 0 Å². The molecule has 41 nitrogen and oxygen atoms in total. The van der Waals surface area contributed by atoms with Crippen LogP contribution in [0.2, 0.25) is 0 Å². The minimum atomic E-state index is -5.87. The summed E-state index contributed by atoms with van der Waals surface area (Å²) in [4.78, 5) is 24.8. The highest BCUT2D eigenvalue weighted by Crippen LogP contribution is 2.37. The van der Waals surface area contributed by atoms with Gasteiger partial charge in [0.1, 0.15) is 79.2 Å². The van der Waals surface area contributed by atoms with E-state index in [1.807, 2.05) is 0 Å². The third-order valence-electron chi connectivity index (χ3n) is 10.0. The number of carboxylic acids is 2. The van der Waals surface area contributed by atoms with Crippen LogP contribution in [0.3, 0.4) is 0 Å². The van der Waals surface area contributed by atoms with Crippen molar-refractivity contribution < 1.29 is 177 Å². The van der Waals surface area contributed by atoms with Crippen molar-refractivity contribution in [1.82, 2.24) is 9.44 Å². The molecule has 0 saturated carbocycles. The molecule has 0 aliphatic carbocycles. The second-order valence-corrected chi connectivity index (χ2v) is 21.6. The van der Waals surface area contributed by atoms with Gasteiger partial charge in [-0.05, 0) is 0 Å². The molecule has 4 saturated heterocycles. The molecule has 0 radical (unpaired) electrons. The van der Waals surface area contributed by atoms with Crippen molar-refractivity contribution in [2.75, 3.05) is 27.4 Å². The average Bonchev–Trinajstić information content (AvgIpc) is 3.21. The molecule has 0 aromatic carbocycles. The molecule has 4 aliphatic heterocycles. The van der Waals surface area contributed by atoms with Crippen LogP contribution in [0.15, 0.2) is 0 Å². The van der Waals surface area contributed by atoms with Gasteiger partial charge in [0.25, 0.3) is 0 Å². The number of carbonyl (C=O) groups is 2. The normalized spacial score (nSPS) is 38.4. The maximum atomic E-state index is 12.7. The first-order valence-corrected chi connectivity index (χ1v) is 27.3. The average molecular weight is 1200 g/mol. The highest BCUT2D eigenvalue weighted by Gasteiger charge is 2.59. The number of aliphatic hydroxyl groups is 4. The zero-order valence-electron chi connectivity index (χ0n) is 35.8. The van der Waals surface area contributed by atoms with Crippen LogP contribution in [-0.2, 0) is 131 Å². The van der Waals surface area contributed by atoms with Crippen LogP contribution in [-0.4, -0.2) is 271 Å². The summed E-state index contributed by atoms with van der Waals surface area (Å²) in [6.45, 7) is -3.22. The molecule has 0 spiro atoms. The van der Waals surface area contributed by atoms with Gasteiger partial charge in [-0.2, -0.15) is 60.0 Å². The van der Waals surface area contributed by atoms with Crippen molar-refractivity contribution in [2.24, 2.45) is 0 Å². The summed E-state index contributed by atoms with van der Waals surface area (Å²) >= 11 is 0. The Hall–Kier alpha value is -2.36. The molecule has 4 heterocycles. The summed E-state index contributed by atoms with van der Waals surface area (Å²) in [5, 5.41) is 65.0. The molecule has 47 heteroatoms. The largest absolute Gasteiger partial charge is 0.479 e. The van der Waals surface area contributed by atoms with Crippen LogP contribution in [0.4, 0.5) is 0 Å². The van der Waals surface area contributed by atoms with Crippen molar-refractivity contribution >= 4 is 74.1 Å². The Morgan fingerprint density at radius 3 is 1.32 bits per heavy atom. The molecular formula is C26H44N2O39S6. The molecule has 0 aromatic rings. The van der Waals surface area contributed by atoms with E-state index in [0.29, 0.717) is 0 Å². The van der Waals surface area contributed by atoms with Crippen molar-refractivity contribution in [1.29, 1.82) is 0 Å². The van der Waals surface area contributed by atoms with Crippen LogP contribution < -0.4 is 9.44 Å². The predicted octanol–water partition coefficient (Wildman–Crippen LogP) is -10.1. The molecule has 0 amide bonds. The molecule has 4 aliphatic rings. The molecule has 20 unspecified atom stereocenters. The molecule has 4 fully saturated rings. The van der Waals surface area contributed by atoms with Crippen LogP contribution in [0, 0.1) is 0 Å². The van der Waals surface area contributed by atoms with E-state index >= 15 is 0 Å². The van der Waals surface area contributed by atoms with Gasteiger partial charge in [0, 0.05) is 14.2 Å². The zero-order chi connectivity index (χ0) is 55.7.